The number of hydrogen-bond donors (Lipinski definition) is 1. The maximum absolute atomic E-state index is 5.72. The van der Waals surface area contributed by atoms with Crippen LogP contribution >= 0.6 is 0 Å². The van der Waals surface area contributed by atoms with E-state index in [-0.39, 0.29) is 0 Å². The molecule has 2 heteroatoms. The van der Waals surface area contributed by atoms with Crippen LogP contribution in [0, 0.1) is 0 Å². The van der Waals surface area contributed by atoms with Crippen molar-refractivity contribution in [3.05, 3.63) is 71.3 Å². The van der Waals surface area contributed by atoms with Gasteiger partial charge in [-0.05, 0) is 35.7 Å². The Hall–Kier alpha value is -1.64. The van der Waals surface area contributed by atoms with Gasteiger partial charge in [-0.15, -0.1) is 0 Å². The van der Waals surface area contributed by atoms with Gasteiger partial charge in [-0.1, -0.05) is 68.4 Å². The Kier molecular flexibility index (Phi) is 5.97. The third kappa shape index (κ3) is 4.69. The van der Waals surface area contributed by atoms with E-state index in [1.807, 2.05) is 0 Å². The molecule has 0 saturated carbocycles. The van der Waals surface area contributed by atoms with Gasteiger partial charge in [0.05, 0.1) is 0 Å². The summed E-state index contributed by atoms with van der Waals surface area (Å²) in [4.78, 5) is 2.46. The normalized spacial score (nSPS) is 12.6. The molecular formula is C19H26N2. The third-order valence-electron chi connectivity index (χ3n) is 4.00. The molecule has 0 radical (unpaired) electrons. The molecular weight excluding hydrogens is 256 g/mol. The lowest BCUT2D eigenvalue weighted by Gasteiger charge is -2.21. The highest BCUT2D eigenvalue weighted by molar-refractivity contribution is 5.25. The summed E-state index contributed by atoms with van der Waals surface area (Å²) in [5, 5.41) is 0. The fourth-order valence-electron chi connectivity index (χ4n) is 2.47. The Labute approximate surface area is 128 Å². The molecule has 21 heavy (non-hydrogen) atoms. The first-order chi connectivity index (χ1) is 10.2. The predicted octanol–water partition coefficient (Wildman–Crippen LogP) is 3.77. The van der Waals surface area contributed by atoms with E-state index in [0.717, 1.165) is 19.6 Å². The van der Waals surface area contributed by atoms with Gasteiger partial charge in [0.15, 0.2) is 0 Å². The maximum atomic E-state index is 5.72. The molecule has 0 aromatic heterocycles. The van der Waals surface area contributed by atoms with Crippen molar-refractivity contribution in [2.75, 3.05) is 13.1 Å². The van der Waals surface area contributed by atoms with E-state index in [0.29, 0.717) is 12.5 Å². The summed E-state index contributed by atoms with van der Waals surface area (Å²) in [6.45, 7) is 8.13. The first-order valence-corrected chi connectivity index (χ1v) is 7.78. The monoisotopic (exact) mass is 282 g/mol. The summed E-state index contributed by atoms with van der Waals surface area (Å²) in [7, 11) is 0. The molecule has 0 aliphatic heterocycles. The Morgan fingerprint density at radius 2 is 1.48 bits per heavy atom. The standard InChI is InChI=1S/C19H26N2/c1-3-21(14-17-7-5-4-6-8-17)15-18-9-11-19(12-10-18)16(2)13-20/h4-12,16H,3,13-15,20H2,1-2H3. The van der Waals surface area contributed by atoms with E-state index in [1.54, 1.807) is 0 Å². The van der Waals surface area contributed by atoms with Gasteiger partial charge in [-0.2, -0.15) is 0 Å². The highest BCUT2D eigenvalue weighted by atomic mass is 15.1. The van der Waals surface area contributed by atoms with Crippen LogP contribution in [0.4, 0.5) is 0 Å². The smallest absolute Gasteiger partial charge is 0.0237 e. The lowest BCUT2D eigenvalue weighted by atomic mass is 10.00. The van der Waals surface area contributed by atoms with Gasteiger partial charge in [0, 0.05) is 13.1 Å². The molecule has 2 aromatic carbocycles. The minimum atomic E-state index is 0.436. The number of benzene rings is 2. The SMILES string of the molecule is CCN(Cc1ccccc1)Cc1ccc(C(C)CN)cc1. The fourth-order valence-corrected chi connectivity index (χ4v) is 2.47. The minimum Gasteiger partial charge on any atom is -0.330 e. The summed E-state index contributed by atoms with van der Waals surface area (Å²) in [6, 6.07) is 19.5. The molecule has 0 heterocycles. The van der Waals surface area contributed by atoms with Crippen molar-refractivity contribution in [2.24, 2.45) is 5.73 Å². The predicted molar refractivity (Wildman–Crippen MR) is 90.1 cm³/mol. The van der Waals surface area contributed by atoms with Gasteiger partial charge >= 0.3 is 0 Å². The number of rotatable bonds is 7. The van der Waals surface area contributed by atoms with E-state index in [4.69, 9.17) is 5.73 Å². The molecule has 0 fully saturated rings. The van der Waals surface area contributed by atoms with Crippen molar-refractivity contribution in [3.63, 3.8) is 0 Å². The van der Waals surface area contributed by atoms with E-state index >= 15 is 0 Å². The molecule has 2 N–H and O–H groups in total. The van der Waals surface area contributed by atoms with E-state index < -0.39 is 0 Å². The summed E-state index contributed by atoms with van der Waals surface area (Å²) in [6.07, 6.45) is 0. The molecule has 2 nitrogen and oxygen atoms in total. The van der Waals surface area contributed by atoms with Crippen LogP contribution in [-0.2, 0) is 13.1 Å². The lowest BCUT2D eigenvalue weighted by molar-refractivity contribution is 0.271. The molecule has 1 unspecified atom stereocenters. The highest BCUT2D eigenvalue weighted by Crippen LogP contribution is 2.16. The zero-order valence-corrected chi connectivity index (χ0v) is 13.1. The summed E-state index contributed by atoms with van der Waals surface area (Å²) < 4.78 is 0. The average Bonchev–Trinajstić information content (AvgIpc) is 2.55. The van der Waals surface area contributed by atoms with Gasteiger partial charge in [0.1, 0.15) is 0 Å². The van der Waals surface area contributed by atoms with Crippen molar-refractivity contribution in [1.82, 2.24) is 4.90 Å². The van der Waals surface area contributed by atoms with Crippen molar-refractivity contribution >= 4 is 0 Å². The Balaban J connectivity index is 1.98. The molecule has 0 spiro atoms. The van der Waals surface area contributed by atoms with Crippen molar-refractivity contribution < 1.29 is 0 Å². The molecule has 2 rings (SSSR count). The quantitative estimate of drug-likeness (QED) is 0.837. The van der Waals surface area contributed by atoms with Crippen molar-refractivity contribution in [1.29, 1.82) is 0 Å². The van der Waals surface area contributed by atoms with Crippen LogP contribution < -0.4 is 5.73 Å². The molecule has 0 saturated heterocycles. The van der Waals surface area contributed by atoms with Crippen LogP contribution in [0.3, 0.4) is 0 Å². The Morgan fingerprint density at radius 1 is 0.905 bits per heavy atom. The van der Waals surface area contributed by atoms with Gasteiger partial charge in [-0.3, -0.25) is 4.90 Å². The average molecular weight is 282 g/mol. The molecule has 0 bridgehead atoms. The molecule has 0 amide bonds. The van der Waals surface area contributed by atoms with Gasteiger partial charge in [0.2, 0.25) is 0 Å². The van der Waals surface area contributed by atoms with Crippen LogP contribution in [0.25, 0.3) is 0 Å². The second-order valence-corrected chi connectivity index (χ2v) is 5.67. The number of nitrogens with two attached hydrogens (primary N) is 1. The van der Waals surface area contributed by atoms with E-state index in [2.05, 4.69) is 73.3 Å². The topological polar surface area (TPSA) is 29.3 Å². The van der Waals surface area contributed by atoms with Gasteiger partial charge in [-0.25, -0.2) is 0 Å². The Bertz CT molecular complexity index is 519. The third-order valence-corrected chi connectivity index (χ3v) is 4.00. The van der Waals surface area contributed by atoms with Gasteiger partial charge in [0.25, 0.3) is 0 Å². The van der Waals surface area contributed by atoms with Gasteiger partial charge < -0.3 is 5.73 Å². The van der Waals surface area contributed by atoms with Crippen molar-refractivity contribution in [2.45, 2.75) is 32.9 Å². The lowest BCUT2D eigenvalue weighted by Crippen LogP contribution is -2.22. The first-order valence-electron chi connectivity index (χ1n) is 7.78. The van der Waals surface area contributed by atoms with E-state index in [1.165, 1.54) is 16.7 Å². The fraction of sp³-hybridized carbons (Fsp3) is 0.368. The van der Waals surface area contributed by atoms with Crippen LogP contribution in [-0.4, -0.2) is 18.0 Å². The summed E-state index contributed by atoms with van der Waals surface area (Å²) >= 11 is 0. The minimum absolute atomic E-state index is 0.436. The molecule has 0 aliphatic rings. The maximum Gasteiger partial charge on any atom is 0.0237 e. The Morgan fingerprint density at radius 3 is 2.00 bits per heavy atom. The summed E-state index contributed by atoms with van der Waals surface area (Å²) in [5.74, 6) is 0.436. The van der Waals surface area contributed by atoms with Crippen LogP contribution in [0.5, 0.6) is 0 Å². The zero-order valence-electron chi connectivity index (χ0n) is 13.1. The number of hydrogen-bond acceptors (Lipinski definition) is 2. The van der Waals surface area contributed by atoms with Crippen molar-refractivity contribution in [3.8, 4) is 0 Å². The first kappa shape index (κ1) is 15.7. The largest absolute Gasteiger partial charge is 0.330 e. The van der Waals surface area contributed by atoms with E-state index in [9.17, 15) is 0 Å². The van der Waals surface area contributed by atoms with Crippen LogP contribution in [0.15, 0.2) is 54.6 Å². The van der Waals surface area contributed by atoms with Crippen LogP contribution in [0.2, 0.25) is 0 Å². The molecule has 112 valence electrons. The number of nitrogens with zero attached hydrogens (tertiary/aromatic N) is 1. The second-order valence-electron chi connectivity index (χ2n) is 5.67. The molecule has 0 aliphatic carbocycles. The second kappa shape index (κ2) is 7.96. The molecule has 2 aromatic rings. The zero-order chi connectivity index (χ0) is 15.1. The summed E-state index contributed by atoms with van der Waals surface area (Å²) in [5.41, 5.74) is 9.78. The molecule has 1 atom stereocenters. The highest BCUT2D eigenvalue weighted by Gasteiger charge is 2.06. The van der Waals surface area contributed by atoms with Crippen LogP contribution in [0.1, 0.15) is 36.5 Å².